The van der Waals surface area contributed by atoms with Crippen molar-refractivity contribution in [2.24, 2.45) is 5.92 Å². The van der Waals surface area contributed by atoms with Gasteiger partial charge >= 0.3 is 5.97 Å². The maximum atomic E-state index is 10.9. The van der Waals surface area contributed by atoms with Crippen LogP contribution in [-0.2, 0) is 0 Å². The number of rotatable bonds is 5. The van der Waals surface area contributed by atoms with Crippen LogP contribution in [0, 0.1) is 5.92 Å². The van der Waals surface area contributed by atoms with Gasteiger partial charge in [-0.15, -0.1) is 0 Å². The number of hydrogen-bond donors (Lipinski definition) is 1. The zero-order chi connectivity index (χ0) is 13.0. The molecule has 1 rings (SSSR count). The molecule has 0 aromatic heterocycles. The molecule has 0 spiro atoms. The Morgan fingerprint density at radius 2 is 2.12 bits per heavy atom. The summed E-state index contributed by atoms with van der Waals surface area (Å²) in [4.78, 5) is 13.0. The van der Waals surface area contributed by atoms with Gasteiger partial charge in [0.1, 0.15) is 0 Å². The van der Waals surface area contributed by atoms with E-state index >= 15 is 0 Å². The first-order chi connectivity index (χ1) is 7.91. The molecule has 0 aliphatic carbocycles. The summed E-state index contributed by atoms with van der Waals surface area (Å²) in [6, 6.07) is 5.33. The molecular weight excluding hydrogens is 282 g/mol. The summed E-state index contributed by atoms with van der Waals surface area (Å²) in [7, 11) is 2.02. The molecular formula is C13H18BrNO2. The lowest BCUT2D eigenvalue weighted by Crippen LogP contribution is -2.20. The van der Waals surface area contributed by atoms with Crippen LogP contribution in [0.1, 0.15) is 30.6 Å². The minimum atomic E-state index is -0.909. The smallest absolute Gasteiger partial charge is 0.336 e. The van der Waals surface area contributed by atoms with Gasteiger partial charge in [0.05, 0.1) is 5.56 Å². The zero-order valence-corrected chi connectivity index (χ0v) is 12.0. The minimum absolute atomic E-state index is 0.297. The summed E-state index contributed by atoms with van der Waals surface area (Å²) in [5.41, 5.74) is 1.33. The third-order valence-corrected chi connectivity index (χ3v) is 3.32. The fourth-order valence-electron chi connectivity index (χ4n) is 1.50. The molecule has 1 aromatic carbocycles. The highest BCUT2D eigenvalue weighted by Crippen LogP contribution is 2.24. The van der Waals surface area contributed by atoms with E-state index in [1.54, 1.807) is 6.07 Å². The molecule has 0 aliphatic rings. The number of carboxylic acid groups (broad SMARTS) is 1. The molecule has 0 atom stereocenters. The first-order valence-corrected chi connectivity index (χ1v) is 6.45. The fourth-order valence-corrected chi connectivity index (χ4v) is 2.03. The molecule has 1 aromatic rings. The lowest BCUT2D eigenvalue weighted by Gasteiger charge is -2.21. The van der Waals surface area contributed by atoms with Crippen LogP contribution in [0.4, 0.5) is 5.69 Å². The maximum Gasteiger partial charge on any atom is 0.336 e. The van der Waals surface area contributed by atoms with Crippen molar-refractivity contribution in [3.63, 3.8) is 0 Å². The van der Waals surface area contributed by atoms with Crippen molar-refractivity contribution >= 4 is 27.6 Å². The van der Waals surface area contributed by atoms with E-state index < -0.39 is 5.97 Å². The second-order valence-corrected chi connectivity index (χ2v) is 5.43. The highest BCUT2D eigenvalue weighted by molar-refractivity contribution is 9.10. The highest BCUT2D eigenvalue weighted by atomic mass is 79.9. The monoisotopic (exact) mass is 299 g/mol. The predicted octanol–water partition coefficient (Wildman–Crippen LogP) is 3.63. The van der Waals surface area contributed by atoms with E-state index in [4.69, 9.17) is 5.11 Å². The van der Waals surface area contributed by atoms with Gasteiger partial charge in [0.25, 0.3) is 0 Å². The van der Waals surface area contributed by atoms with Gasteiger partial charge in [0, 0.05) is 23.8 Å². The van der Waals surface area contributed by atoms with E-state index in [9.17, 15) is 4.79 Å². The Kier molecular flexibility index (Phi) is 5.00. The number of benzene rings is 1. The summed E-state index contributed by atoms with van der Waals surface area (Å²) in [5, 5.41) is 8.93. The van der Waals surface area contributed by atoms with Gasteiger partial charge in [-0.05, 0) is 46.5 Å². The lowest BCUT2D eigenvalue weighted by molar-refractivity contribution is 0.0696. The molecule has 0 aliphatic heterocycles. The molecule has 0 heterocycles. The number of hydrogen-bond acceptors (Lipinski definition) is 2. The Labute approximate surface area is 111 Å². The van der Waals surface area contributed by atoms with Crippen molar-refractivity contribution in [3.8, 4) is 0 Å². The molecule has 1 N–H and O–H groups in total. The Morgan fingerprint density at radius 3 is 2.59 bits per heavy atom. The second kappa shape index (κ2) is 6.05. The number of carbonyl (C=O) groups is 1. The molecule has 0 radical (unpaired) electrons. The van der Waals surface area contributed by atoms with Gasteiger partial charge in [0.15, 0.2) is 0 Å². The van der Waals surface area contributed by atoms with E-state index in [0.717, 1.165) is 18.7 Å². The summed E-state index contributed by atoms with van der Waals surface area (Å²) in [5.74, 6) is -0.243. The van der Waals surface area contributed by atoms with Gasteiger partial charge < -0.3 is 10.0 Å². The topological polar surface area (TPSA) is 40.5 Å². The zero-order valence-electron chi connectivity index (χ0n) is 10.4. The first kappa shape index (κ1) is 14.0. The number of aromatic carboxylic acids is 1. The van der Waals surface area contributed by atoms with Crippen LogP contribution in [0.2, 0.25) is 0 Å². The van der Waals surface area contributed by atoms with Gasteiger partial charge in [0.2, 0.25) is 0 Å². The van der Waals surface area contributed by atoms with Crippen LogP contribution >= 0.6 is 15.9 Å². The van der Waals surface area contributed by atoms with E-state index in [1.165, 1.54) is 0 Å². The van der Waals surface area contributed by atoms with E-state index in [-0.39, 0.29) is 0 Å². The molecule has 4 heteroatoms. The van der Waals surface area contributed by atoms with Gasteiger partial charge in [-0.2, -0.15) is 0 Å². The Morgan fingerprint density at radius 1 is 1.47 bits per heavy atom. The summed E-state index contributed by atoms with van der Waals surface area (Å²) in [6.45, 7) is 5.35. The third-order valence-electron chi connectivity index (χ3n) is 2.67. The average Bonchev–Trinajstić information content (AvgIpc) is 2.25. The Hall–Kier alpha value is -1.03. The van der Waals surface area contributed by atoms with Crippen LogP contribution in [0.25, 0.3) is 0 Å². The van der Waals surface area contributed by atoms with Gasteiger partial charge in [-0.1, -0.05) is 13.8 Å². The number of nitrogens with zero attached hydrogens (tertiary/aromatic N) is 1. The van der Waals surface area contributed by atoms with Crippen LogP contribution in [0.3, 0.4) is 0 Å². The predicted molar refractivity (Wildman–Crippen MR) is 73.8 cm³/mol. The van der Waals surface area contributed by atoms with E-state index in [2.05, 4.69) is 34.7 Å². The molecule has 0 amide bonds. The SMILES string of the molecule is CC(C)CCN(C)c1ccc(C(=O)O)c(Br)c1. The van der Waals surface area contributed by atoms with Gasteiger partial charge in [-0.3, -0.25) is 0 Å². The molecule has 0 unspecified atom stereocenters. The van der Waals surface area contributed by atoms with Crippen molar-refractivity contribution < 1.29 is 9.90 Å². The highest BCUT2D eigenvalue weighted by Gasteiger charge is 2.10. The van der Waals surface area contributed by atoms with Crippen LogP contribution in [-0.4, -0.2) is 24.7 Å². The van der Waals surface area contributed by atoms with Gasteiger partial charge in [-0.25, -0.2) is 4.79 Å². The largest absolute Gasteiger partial charge is 0.478 e. The lowest BCUT2D eigenvalue weighted by atomic mass is 10.1. The average molecular weight is 300 g/mol. The first-order valence-electron chi connectivity index (χ1n) is 5.65. The van der Waals surface area contributed by atoms with Crippen LogP contribution < -0.4 is 4.90 Å². The summed E-state index contributed by atoms with van der Waals surface area (Å²) in [6.07, 6.45) is 1.12. The minimum Gasteiger partial charge on any atom is -0.478 e. The number of anilines is 1. The quantitative estimate of drug-likeness (QED) is 0.902. The summed E-state index contributed by atoms with van der Waals surface area (Å²) >= 11 is 3.29. The standard InChI is InChI=1S/C13H18BrNO2/c1-9(2)6-7-15(3)10-4-5-11(13(16)17)12(14)8-10/h4-5,8-9H,6-7H2,1-3H3,(H,16,17). The molecule has 0 saturated carbocycles. The van der Waals surface area contributed by atoms with E-state index in [0.29, 0.717) is 16.0 Å². The maximum absolute atomic E-state index is 10.9. The molecule has 94 valence electrons. The molecule has 3 nitrogen and oxygen atoms in total. The number of carboxylic acids is 1. The van der Waals surface area contributed by atoms with Crippen molar-refractivity contribution in [1.29, 1.82) is 0 Å². The van der Waals surface area contributed by atoms with Crippen LogP contribution in [0.5, 0.6) is 0 Å². The van der Waals surface area contributed by atoms with Crippen LogP contribution in [0.15, 0.2) is 22.7 Å². The van der Waals surface area contributed by atoms with Crippen molar-refractivity contribution in [2.75, 3.05) is 18.5 Å². The Balaban J connectivity index is 2.79. The van der Waals surface area contributed by atoms with Crippen molar-refractivity contribution in [2.45, 2.75) is 20.3 Å². The molecule has 0 saturated heterocycles. The Bertz CT molecular complexity index is 404. The summed E-state index contributed by atoms with van der Waals surface area (Å²) < 4.78 is 0.624. The molecule has 17 heavy (non-hydrogen) atoms. The second-order valence-electron chi connectivity index (χ2n) is 4.57. The third kappa shape index (κ3) is 4.04. The fraction of sp³-hybridized carbons (Fsp3) is 0.462. The molecule has 0 bridgehead atoms. The number of halogens is 1. The normalized spacial score (nSPS) is 10.6. The molecule has 0 fully saturated rings. The van der Waals surface area contributed by atoms with Crippen molar-refractivity contribution in [3.05, 3.63) is 28.2 Å². The van der Waals surface area contributed by atoms with E-state index in [1.807, 2.05) is 19.2 Å². The van der Waals surface area contributed by atoms with Crippen molar-refractivity contribution in [1.82, 2.24) is 0 Å².